The Morgan fingerprint density at radius 1 is 0.914 bits per heavy atom. The van der Waals surface area contributed by atoms with Crippen molar-refractivity contribution in [2.75, 3.05) is 52.5 Å². The van der Waals surface area contributed by atoms with Crippen molar-refractivity contribution in [2.45, 2.75) is 19.4 Å². The summed E-state index contributed by atoms with van der Waals surface area (Å²) in [5.74, 6) is 0. The number of allylic oxidation sites excluding steroid dienone is 2. The fraction of sp³-hybridized carbons (Fsp3) is 0.393. The number of quaternary nitrogens is 1. The summed E-state index contributed by atoms with van der Waals surface area (Å²) in [7, 11) is 0. The van der Waals surface area contributed by atoms with Crippen molar-refractivity contribution in [3.05, 3.63) is 86.5 Å². The number of nitrogens with one attached hydrogen (secondary N) is 1. The molecule has 0 spiro atoms. The van der Waals surface area contributed by atoms with Gasteiger partial charge in [-0.1, -0.05) is 53.5 Å². The second kappa shape index (κ2) is 11.6. The average molecular weight is 513 g/mol. The van der Waals surface area contributed by atoms with Gasteiger partial charge in [0.1, 0.15) is 6.54 Å². The van der Waals surface area contributed by atoms with Crippen molar-refractivity contribution in [3.8, 4) is 0 Å². The minimum Gasteiger partial charge on any atom is -0.378 e. The van der Waals surface area contributed by atoms with Crippen LogP contribution in [0.25, 0.3) is 6.08 Å². The maximum absolute atomic E-state index is 6.37. The molecule has 3 aliphatic rings. The fourth-order valence-electron chi connectivity index (χ4n) is 5.10. The van der Waals surface area contributed by atoms with Crippen LogP contribution in [0.1, 0.15) is 24.0 Å². The summed E-state index contributed by atoms with van der Waals surface area (Å²) in [5, 5.41) is 8.79. The van der Waals surface area contributed by atoms with Gasteiger partial charge in [0, 0.05) is 34.4 Å². The van der Waals surface area contributed by atoms with Crippen LogP contribution in [-0.2, 0) is 11.3 Å². The molecule has 2 fully saturated rings. The molecule has 1 aliphatic carbocycles. The highest BCUT2D eigenvalue weighted by atomic mass is 35.5. The molecule has 2 aromatic rings. The zero-order chi connectivity index (χ0) is 24.0. The zero-order valence-corrected chi connectivity index (χ0v) is 21.6. The summed E-state index contributed by atoms with van der Waals surface area (Å²) in [6.45, 7) is 8.44. The lowest BCUT2D eigenvalue weighted by Crippen LogP contribution is -3.13. The van der Waals surface area contributed by atoms with E-state index in [4.69, 9.17) is 33.0 Å². The molecule has 0 amide bonds. The Morgan fingerprint density at radius 3 is 2.40 bits per heavy atom. The molecule has 0 saturated carbocycles. The lowest BCUT2D eigenvalue weighted by atomic mass is 10.1. The van der Waals surface area contributed by atoms with Crippen molar-refractivity contribution in [2.24, 2.45) is 5.10 Å². The number of hydrogen-bond acceptors (Lipinski definition) is 4. The molecule has 184 valence electrons. The van der Waals surface area contributed by atoms with Crippen LogP contribution in [0, 0.1) is 0 Å². The second-order valence-electron chi connectivity index (χ2n) is 9.41. The minimum absolute atomic E-state index is 0.768. The van der Waals surface area contributed by atoms with Crippen LogP contribution in [-0.4, -0.2) is 68.6 Å². The van der Waals surface area contributed by atoms with E-state index in [0.717, 1.165) is 81.9 Å². The smallest absolute Gasteiger partial charge is 0.104 e. The summed E-state index contributed by atoms with van der Waals surface area (Å²) in [4.78, 5) is 4.04. The van der Waals surface area contributed by atoms with Crippen molar-refractivity contribution in [3.63, 3.8) is 0 Å². The Morgan fingerprint density at radius 2 is 1.66 bits per heavy atom. The van der Waals surface area contributed by atoms with Crippen LogP contribution in [0.2, 0.25) is 10.0 Å². The second-order valence-corrected chi connectivity index (χ2v) is 10.3. The van der Waals surface area contributed by atoms with Gasteiger partial charge in [-0.3, -0.25) is 5.01 Å². The summed E-state index contributed by atoms with van der Waals surface area (Å²) in [6.07, 6.45) is 6.48. The van der Waals surface area contributed by atoms with Crippen LogP contribution in [0.5, 0.6) is 0 Å². The number of halogens is 2. The van der Waals surface area contributed by atoms with E-state index in [-0.39, 0.29) is 0 Å². The van der Waals surface area contributed by atoms with Gasteiger partial charge in [-0.05, 0) is 53.8 Å². The van der Waals surface area contributed by atoms with Gasteiger partial charge >= 0.3 is 0 Å². The number of hydrazone groups is 1. The number of ether oxygens (including phenoxy) is 1. The molecule has 5 nitrogen and oxygen atoms in total. The maximum Gasteiger partial charge on any atom is 0.104 e. The monoisotopic (exact) mass is 511 g/mol. The highest BCUT2D eigenvalue weighted by molar-refractivity contribution is 6.31. The van der Waals surface area contributed by atoms with Crippen LogP contribution >= 0.6 is 23.2 Å². The van der Waals surface area contributed by atoms with Gasteiger partial charge in [-0.25, -0.2) is 0 Å². The van der Waals surface area contributed by atoms with Gasteiger partial charge in [0.2, 0.25) is 0 Å². The SMILES string of the molecule is Clc1ccc(/C=C2\CCC(/C=N\N3CC[NH+](Cc4ccccc4Cl)CC3)=C2N2CCOCC2)cc1. The third-order valence-electron chi connectivity index (χ3n) is 7.03. The van der Waals surface area contributed by atoms with Crippen molar-refractivity contribution < 1.29 is 9.64 Å². The van der Waals surface area contributed by atoms with E-state index < -0.39 is 0 Å². The number of hydrogen-bond donors (Lipinski definition) is 1. The quantitative estimate of drug-likeness (QED) is 0.591. The Labute approximate surface area is 218 Å². The number of piperazine rings is 1. The molecular weight excluding hydrogens is 479 g/mol. The molecular formula is C28H33Cl2N4O+. The van der Waals surface area contributed by atoms with E-state index in [0.29, 0.717) is 0 Å². The van der Waals surface area contributed by atoms with Crippen molar-refractivity contribution >= 4 is 35.5 Å². The van der Waals surface area contributed by atoms with E-state index in [1.807, 2.05) is 24.3 Å². The molecule has 1 N–H and O–H groups in total. The van der Waals surface area contributed by atoms with Crippen LogP contribution in [0.3, 0.4) is 0 Å². The number of rotatable bonds is 6. The molecule has 2 saturated heterocycles. The zero-order valence-electron chi connectivity index (χ0n) is 20.1. The molecule has 0 atom stereocenters. The van der Waals surface area contributed by atoms with Crippen LogP contribution in [0.4, 0.5) is 0 Å². The van der Waals surface area contributed by atoms with E-state index in [1.165, 1.54) is 28.0 Å². The first-order valence-corrected chi connectivity index (χ1v) is 13.3. The van der Waals surface area contributed by atoms with Gasteiger partial charge < -0.3 is 14.5 Å². The molecule has 0 bridgehead atoms. The van der Waals surface area contributed by atoms with Gasteiger partial charge in [-0.15, -0.1) is 0 Å². The lowest BCUT2D eigenvalue weighted by molar-refractivity contribution is -0.918. The Balaban J connectivity index is 1.27. The summed E-state index contributed by atoms with van der Waals surface area (Å²) in [5.41, 5.74) is 6.47. The van der Waals surface area contributed by atoms with Gasteiger partial charge in [-0.2, -0.15) is 5.10 Å². The van der Waals surface area contributed by atoms with Crippen molar-refractivity contribution in [1.82, 2.24) is 9.91 Å². The highest BCUT2D eigenvalue weighted by Gasteiger charge is 2.26. The fourth-order valence-corrected chi connectivity index (χ4v) is 5.43. The average Bonchev–Trinajstić information content (AvgIpc) is 3.29. The van der Waals surface area contributed by atoms with E-state index >= 15 is 0 Å². The van der Waals surface area contributed by atoms with Crippen LogP contribution in [0.15, 0.2) is 70.5 Å². The van der Waals surface area contributed by atoms with E-state index in [9.17, 15) is 0 Å². The standard InChI is InChI=1S/C28H32Cl2N4O/c29-26-9-5-22(6-10-26)19-23-7-8-24(28(23)33-15-17-35-18-16-33)20-31-34-13-11-32(12-14-34)21-25-3-1-2-4-27(25)30/h1-6,9-10,19-20H,7-8,11-18,21H2/p+1/b23-19+,31-20-. The first-order valence-electron chi connectivity index (χ1n) is 12.5. The Bertz CT molecular complexity index is 1100. The van der Waals surface area contributed by atoms with Crippen LogP contribution < -0.4 is 4.90 Å². The minimum atomic E-state index is 0.768. The maximum atomic E-state index is 6.37. The van der Waals surface area contributed by atoms with Gasteiger partial charge in [0.15, 0.2) is 0 Å². The Hall–Kier alpha value is -2.31. The summed E-state index contributed by atoms with van der Waals surface area (Å²) < 4.78 is 5.63. The molecule has 7 heteroatoms. The molecule has 0 aromatic heterocycles. The molecule has 5 rings (SSSR count). The third-order valence-corrected chi connectivity index (χ3v) is 7.65. The molecule has 2 aromatic carbocycles. The van der Waals surface area contributed by atoms with Gasteiger partial charge in [0.25, 0.3) is 0 Å². The summed E-state index contributed by atoms with van der Waals surface area (Å²) >= 11 is 12.5. The van der Waals surface area contributed by atoms with Gasteiger partial charge in [0.05, 0.1) is 45.6 Å². The van der Waals surface area contributed by atoms with Crippen molar-refractivity contribution in [1.29, 1.82) is 0 Å². The topological polar surface area (TPSA) is 32.5 Å². The van der Waals surface area contributed by atoms with E-state index in [2.05, 4.69) is 46.5 Å². The molecule has 0 radical (unpaired) electrons. The predicted molar refractivity (Wildman–Crippen MR) is 144 cm³/mol. The predicted octanol–water partition coefficient (Wildman–Crippen LogP) is 4.14. The third kappa shape index (κ3) is 6.28. The highest BCUT2D eigenvalue weighted by Crippen LogP contribution is 2.35. The first kappa shape index (κ1) is 24.4. The molecule has 35 heavy (non-hydrogen) atoms. The molecule has 2 aliphatic heterocycles. The summed E-state index contributed by atoms with van der Waals surface area (Å²) in [6, 6.07) is 16.3. The first-order chi connectivity index (χ1) is 17.2. The number of morpholine rings is 1. The number of benzene rings is 2. The Kier molecular flexibility index (Phi) is 8.09. The normalized spacial score (nSPS) is 21.0. The van der Waals surface area contributed by atoms with E-state index in [1.54, 1.807) is 4.90 Å². The largest absolute Gasteiger partial charge is 0.378 e. The number of nitrogens with zero attached hydrogens (tertiary/aromatic N) is 3. The lowest BCUT2D eigenvalue weighted by Gasteiger charge is -2.32. The molecule has 0 unspecified atom stereocenters. The molecule has 2 heterocycles.